The largest absolute Gasteiger partial charge is 0.373 e. The molecule has 2 aromatic carbocycles. The zero-order chi connectivity index (χ0) is 22.7. The van der Waals surface area contributed by atoms with Gasteiger partial charge in [-0.3, -0.25) is 0 Å². The SMILES string of the molecule is O=CCC/C=C\CC[C@H]1[C@@H](OCc2ccc(-c3ccccc3)cc2)CC[C@@H]1N1CCCCC1. The molecule has 0 unspecified atom stereocenters. The van der Waals surface area contributed by atoms with E-state index in [1.807, 2.05) is 0 Å². The van der Waals surface area contributed by atoms with Gasteiger partial charge in [0.05, 0.1) is 12.7 Å². The number of unbranched alkanes of at least 4 members (excludes halogenated alkanes) is 1. The minimum Gasteiger partial charge on any atom is -0.373 e. The molecule has 2 aliphatic rings. The van der Waals surface area contributed by atoms with Crippen molar-refractivity contribution in [2.45, 2.75) is 76.5 Å². The summed E-state index contributed by atoms with van der Waals surface area (Å²) in [7, 11) is 0. The number of piperidine rings is 1. The molecule has 0 bridgehead atoms. The van der Waals surface area contributed by atoms with Gasteiger partial charge in [-0.25, -0.2) is 0 Å². The number of aldehydes is 1. The molecule has 0 radical (unpaired) electrons. The summed E-state index contributed by atoms with van der Waals surface area (Å²) in [5.41, 5.74) is 3.76. The second kappa shape index (κ2) is 12.9. The smallest absolute Gasteiger partial charge is 0.120 e. The molecule has 1 aliphatic heterocycles. The highest BCUT2D eigenvalue weighted by Gasteiger charge is 2.39. The van der Waals surface area contributed by atoms with Crippen molar-refractivity contribution in [1.29, 1.82) is 0 Å². The second-order valence-corrected chi connectivity index (χ2v) is 9.61. The first-order valence-corrected chi connectivity index (χ1v) is 12.9. The van der Waals surface area contributed by atoms with Crippen LogP contribution in [-0.2, 0) is 16.1 Å². The van der Waals surface area contributed by atoms with Gasteiger partial charge in [-0.15, -0.1) is 0 Å². The Kier molecular flexibility index (Phi) is 9.32. The summed E-state index contributed by atoms with van der Waals surface area (Å²) >= 11 is 0. The lowest BCUT2D eigenvalue weighted by molar-refractivity contribution is -0.107. The molecule has 3 atom stereocenters. The quantitative estimate of drug-likeness (QED) is 0.216. The molecule has 0 N–H and O–H groups in total. The lowest BCUT2D eigenvalue weighted by Crippen LogP contribution is -2.43. The maximum atomic E-state index is 10.5. The van der Waals surface area contributed by atoms with Crippen LogP contribution >= 0.6 is 0 Å². The van der Waals surface area contributed by atoms with Crippen LogP contribution in [0.2, 0.25) is 0 Å². The lowest BCUT2D eigenvalue weighted by atomic mass is 9.93. The summed E-state index contributed by atoms with van der Waals surface area (Å²) in [5, 5.41) is 0. The fourth-order valence-corrected chi connectivity index (χ4v) is 5.62. The van der Waals surface area contributed by atoms with Gasteiger partial charge in [0.15, 0.2) is 0 Å². The Balaban J connectivity index is 1.34. The zero-order valence-electron chi connectivity index (χ0n) is 19.9. The van der Waals surface area contributed by atoms with Crippen LogP contribution in [0, 0.1) is 5.92 Å². The number of ether oxygens (including phenoxy) is 1. The fraction of sp³-hybridized carbons (Fsp3) is 0.500. The van der Waals surface area contributed by atoms with Gasteiger partial charge in [0.1, 0.15) is 6.29 Å². The molecule has 3 nitrogen and oxygen atoms in total. The molecule has 33 heavy (non-hydrogen) atoms. The topological polar surface area (TPSA) is 29.5 Å². The van der Waals surface area contributed by atoms with Gasteiger partial charge in [0, 0.05) is 18.4 Å². The van der Waals surface area contributed by atoms with Crippen LogP contribution in [0.4, 0.5) is 0 Å². The van der Waals surface area contributed by atoms with Crippen molar-refractivity contribution in [3.63, 3.8) is 0 Å². The van der Waals surface area contributed by atoms with Crippen molar-refractivity contribution < 1.29 is 9.53 Å². The van der Waals surface area contributed by atoms with Crippen LogP contribution in [0.15, 0.2) is 66.7 Å². The van der Waals surface area contributed by atoms with E-state index in [4.69, 9.17) is 4.74 Å². The number of likely N-dealkylation sites (tertiary alicyclic amines) is 1. The summed E-state index contributed by atoms with van der Waals surface area (Å²) in [6, 6.07) is 20.0. The standard InChI is InChI=1S/C30H39NO2/c32-23-11-3-1-2-8-14-28-29(31-21-9-5-10-22-31)19-20-30(28)33-24-25-15-17-27(18-16-25)26-12-6-4-7-13-26/h1-2,4,6-7,12-13,15-18,23,28-30H,3,5,8-11,14,19-22,24H2/b2-1-/t28-,29+,30+/m1/s1. The molecule has 1 saturated carbocycles. The van der Waals surface area contributed by atoms with Crippen molar-refractivity contribution in [2.24, 2.45) is 5.92 Å². The first kappa shape index (κ1) is 23.9. The molecular weight excluding hydrogens is 406 g/mol. The molecule has 4 rings (SSSR count). The molecule has 2 aromatic rings. The predicted octanol–water partition coefficient (Wildman–Crippen LogP) is 6.82. The zero-order valence-corrected chi connectivity index (χ0v) is 19.9. The van der Waals surface area contributed by atoms with Crippen molar-refractivity contribution in [3.8, 4) is 11.1 Å². The summed E-state index contributed by atoms with van der Waals surface area (Å²) in [4.78, 5) is 13.3. The number of rotatable bonds is 11. The van der Waals surface area contributed by atoms with E-state index in [9.17, 15) is 4.79 Å². The highest BCUT2D eigenvalue weighted by molar-refractivity contribution is 5.63. The van der Waals surface area contributed by atoms with Gasteiger partial charge in [-0.1, -0.05) is 73.2 Å². The Bertz CT molecular complexity index is 855. The molecular formula is C30H39NO2. The minimum atomic E-state index is 0.342. The molecule has 1 heterocycles. The summed E-state index contributed by atoms with van der Waals surface area (Å²) < 4.78 is 6.57. The number of allylic oxidation sites excluding steroid dienone is 2. The van der Waals surface area contributed by atoms with E-state index in [-0.39, 0.29) is 0 Å². The minimum absolute atomic E-state index is 0.342. The Morgan fingerprint density at radius 2 is 1.55 bits per heavy atom. The third kappa shape index (κ3) is 6.88. The first-order valence-electron chi connectivity index (χ1n) is 12.9. The van der Waals surface area contributed by atoms with Crippen LogP contribution in [0.3, 0.4) is 0 Å². The maximum absolute atomic E-state index is 10.5. The average molecular weight is 446 g/mol. The Morgan fingerprint density at radius 3 is 2.30 bits per heavy atom. The highest BCUT2D eigenvalue weighted by Crippen LogP contribution is 2.37. The van der Waals surface area contributed by atoms with Crippen LogP contribution < -0.4 is 0 Å². The van der Waals surface area contributed by atoms with E-state index in [2.05, 4.69) is 71.6 Å². The molecule has 0 aromatic heterocycles. The van der Waals surface area contributed by atoms with Gasteiger partial charge >= 0.3 is 0 Å². The third-order valence-electron chi connectivity index (χ3n) is 7.39. The van der Waals surface area contributed by atoms with Crippen molar-refractivity contribution >= 4 is 6.29 Å². The molecule has 176 valence electrons. The van der Waals surface area contributed by atoms with Gasteiger partial charge in [0.25, 0.3) is 0 Å². The summed E-state index contributed by atoms with van der Waals surface area (Å²) in [6.07, 6.45) is 16.0. The highest BCUT2D eigenvalue weighted by atomic mass is 16.5. The van der Waals surface area contributed by atoms with Crippen LogP contribution in [-0.4, -0.2) is 36.4 Å². The number of hydrogen-bond donors (Lipinski definition) is 0. The van der Waals surface area contributed by atoms with E-state index in [1.54, 1.807) is 0 Å². The van der Waals surface area contributed by atoms with Crippen molar-refractivity contribution in [3.05, 3.63) is 72.3 Å². The van der Waals surface area contributed by atoms with Crippen LogP contribution in [0.5, 0.6) is 0 Å². The Hall–Kier alpha value is -2.23. The van der Waals surface area contributed by atoms with E-state index in [0.29, 0.717) is 31.1 Å². The van der Waals surface area contributed by atoms with Crippen LogP contribution in [0.25, 0.3) is 11.1 Å². The number of carbonyl (C=O) groups is 1. The van der Waals surface area contributed by atoms with Gasteiger partial charge in [0.2, 0.25) is 0 Å². The van der Waals surface area contributed by atoms with Crippen molar-refractivity contribution in [1.82, 2.24) is 4.90 Å². The molecule has 1 saturated heterocycles. The van der Waals surface area contributed by atoms with Gasteiger partial charge < -0.3 is 14.4 Å². The van der Waals surface area contributed by atoms with Crippen LogP contribution in [0.1, 0.15) is 63.4 Å². The Morgan fingerprint density at radius 1 is 0.818 bits per heavy atom. The van der Waals surface area contributed by atoms with E-state index in [1.165, 1.54) is 68.3 Å². The van der Waals surface area contributed by atoms with E-state index >= 15 is 0 Å². The number of nitrogens with zero attached hydrogens (tertiary/aromatic N) is 1. The number of carbonyl (C=O) groups excluding carboxylic acids is 1. The monoisotopic (exact) mass is 445 g/mol. The van der Waals surface area contributed by atoms with E-state index < -0.39 is 0 Å². The predicted molar refractivity (Wildman–Crippen MR) is 136 cm³/mol. The molecule has 1 aliphatic carbocycles. The van der Waals surface area contributed by atoms with Crippen molar-refractivity contribution in [2.75, 3.05) is 13.1 Å². The maximum Gasteiger partial charge on any atom is 0.120 e. The second-order valence-electron chi connectivity index (χ2n) is 9.61. The first-order chi connectivity index (χ1) is 16.3. The third-order valence-corrected chi connectivity index (χ3v) is 7.39. The summed E-state index contributed by atoms with van der Waals surface area (Å²) in [5.74, 6) is 0.599. The number of hydrogen-bond acceptors (Lipinski definition) is 3. The molecule has 2 fully saturated rings. The van der Waals surface area contributed by atoms with E-state index in [0.717, 1.165) is 19.1 Å². The molecule has 0 spiro atoms. The Labute approximate surface area is 199 Å². The normalized spacial score (nSPS) is 23.8. The van der Waals surface area contributed by atoms with Gasteiger partial charge in [-0.05, 0) is 74.7 Å². The molecule has 3 heteroatoms. The lowest BCUT2D eigenvalue weighted by Gasteiger charge is -2.37. The number of benzene rings is 2. The average Bonchev–Trinajstić information content (AvgIpc) is 3.29. The fourth-order valence-electron chi connectivity index (χ4n) is 5.62. The van der Waals surface area contributed by atoms with Gasteiger partial charge in [-0.2, -0.15) is 0 Å². The molecule has 0 amide bonds. The summed E-state index contributed by atoms with van der Waals surface area (Å²) in [6.45, 7) is 3.20.